The molecule has 0 fully saturated rings. The number of hydrogen-bond donors (Lipinski definition) is 0. The number of nitrogens with zero attached hydrogens (tertiary/aromatic N) is 1. The molecule has 1 heteroatoms. The maximum atomic E-state index is 8.75. The molecule has 0 aliphatic rings. The van der Waals surface area contributed by atoms with E-state index < -0.39 is 0 Å². The van der Waals surface area contributed by atoms with Crippen LogP contribution >= 0.6 is 0 Å². The Balaban J connectivity index is 4.01. The standard InChI is InChI=1S/C10H15N/c1-5-10(4,8-11)7-6-9(2)3/h5H,1-2,6-7H2,3-4H3. The second kappa shape index (κ2) is 3.98. The smallest absolute Gasteiger partial charge is 0.0728 e. The Labute approximate surface area is 69.0 Å². The van der Waals surface area contributed by atoms with Gasteiger partial charge in [0.2, 0.25) is 0 Å². The average molecular weight is 149 g/mol. The number of allylic oxidation sites excluding steroid dienone is 2. The highest BCUT2D eigenvalue weighted by Crippen LogP contribution is 2.24. The van der Waals surface area contributed by atoms with Crippen LogP contribution in [-0.4, -0.2) is 0 Å². The van der Waals surface area contributed by atoms with Gasteiger partial charge in [-0.2, -0.15) is 5.26 Å². The van der Waals surface area contributed by atoms with Crippen molar-refractivity contribution in [3.63, 3.8) is 0 Å². The van der Waals surface area contributed by atoms with Crippen molar-refractivity contribution in [1.82, 2.24) is 0 Å². The lowest BCUT2D eigenvalue weighted by Gasteiger charge is -2.15. The van der Waals surface area contributed by atoms with Crippen LogP contribution in [0.4, 0.5) is 0 Å². The molecule has 0 aromatic carbocycles. The second-order valence-electron chi connectivity index (χ2n) is 3.19. The predicted octanol–water partition coefficient (Wildman–Crippen LogP) is 3.06. The summed E-state index contributed by atoms with van der Waals surface area (Å²) in [7, 11) is 0. The van der Waals surface area contributed by atoms with Gasteiger partial charge in [0.25, 0.3) is 0 Å². The highest BCUT2D eigenvalue weighted by atomic mass is 14.3. The lowest BCUT2D eigenvalue weighted by Crippen LogP contribution is -2.08. The van der Waals surface area contributed by atoms with E-state index in [0.717, 1.165) is 18.4 Å². The van der Waals surface area contributed by atoms with Crippen molar-refractivity contribution in [3.05, 3.63) is 24.8 Å². The number of hydrogen-bond acceptors (Lipinski definition) is 1. The van der Waals surface area contributed by atoms with Gasteiger partial charge in [-0.3, -0.25) is 0 Å². The molecule has 0 aromatic rings. The SMILES string of the molecule is C=CC(C)(C#N)CCC(=C)C. The highest BCUT2D eigenvalue weighted by Gasteiger charge is 2.17. The van der Waals surface area contributed by atoms with Gasteiger partial charge in [0.15, 0.2) is 0 Å². The number of nitriles is 1. The average Bonchev–Trinajstić information content (AvgIpc) is 2.00. The Morgan fingerprint density at radius 1 is 1.73 bits per heavy atom. The molecule has 0 bridgehead atoms. The van der Waals surface area contributed by atoms with Gasteiger partial charge in [-0.25, -0.2) is 0 Å². The fourth-order valence-corrected chi connectivity index (χ4v) is 0.677. The first-order valence-corrected chi connectivity index (χ1v) is 3.73. The van der Waals surface area contributed by atoms with Crippen molar-refractivity contribution in [2.24, 2.45) is 5.41 Å². The van der Waals surface area contributed by atoms with Crippen molar-refractivity contribution in [3.8, 4) is 6.07 Å². The summed E-state index contributed by atoms with van der Waals surface area (Å²) in [6.45, 7) is 11.3. The minimum absolute atomic E-state index is 0.376. The molecule has 0 N–H and O–H groups in total. The quantitative estimate of drug-likeness (QED) is 0.563. The summed E-state index contributed by atoms with van der Waals surface area (Å²) in [5.41, 5.74) is 0.743. The fraction of sp³-hybridized carbons (Fsp3) is 0.500. The Morgan fingerprint density at radius 3 is 2.55 bits per heavy atom. The molecule has 0 heterocycles. The lowest BCUT2D eigenvalue weighted by atomic mass is 9.86. The predicted molar refractivity (Wildman–Crippen MR) is 48.0 cm³/mol. The summed E-state index contributed by atoms with van der Waals surface area (Å²) in [5, 5.41) is 8.75. The summed E-state index contributed by atoms with van der Waals surface area (Å²) in [6.07, 6.45) is 3.42. The van der Waals surface area contributed by atoms with Gasteiger partial charge in [0, 0.05) is 0 Å². The number of rotatable bonds is 4. The van der Waals surface area contributed by atoms with Crippen LogP contribution in [0, 0.1) is 16.7 Å². The van der Waals surface area contributed by atoms with Crippen molar-refractivity contribution in [1.29, 1.82) is 5.26 Å². The van der Waals surface area contributed by atoms with E-state index in [9.17, 15) is 0 Å². The van der Waals surface area contributed by atoms with Crippen molar-refractivity contribution < 1.29 is 0 Å². The molecule has 1 nitrogen and oxygen atoms in total. The Hall–Kier alpha value is -1.03. The zero-order valence-corrected chi connectivity index (χ0v) is 7.35. The molecule has 1 unspecified atom stereocenters. The molecule has 0 amide bonds. The van der Waals surface area contributed by atoms with E-state index >= 15 is 0 Å². The van der Waals surface area contributed by atoms with Crippen molar-refractivity contribution in [2.75, 3.05) is 0 Å². The van der Waals surface area contributed by atoms with Crippen LogP contribution in [0.3, 0.4) is 0 Å². The minimum Gasteiger partial charge on any atom is -0.197 e. The van der Waals surface area contributed by atoms with E-state index in [1.165, 1.54) is 0 Å². The van der Waals surface area contributed by atoms with Gasteiger partial charge in [-0.15, -0.1) is 13.2 Å². The fourth-order valence-electron chi connectivity index (χ4n) is 0.677. The van der Waals surface area contributed by atoms with Crippen LogP contribution in [-0.2, 0) is 0 Å². The van der Waals surface area contributed by atoms with Crippen LogP contribution in [0.2, 0.25) is 0 Å². The largest absolute Gasteiger partial charge is 0.197 e. The molecular weight excluding hydrogens is 134 g/mol. The second-order valence-corrected chi connectivity index (χ2v) is 3.19. The molecule has 0 rings (SSSR count). The van der Waals surface area contributed by atoms with Gasteiger partial charge in [-0.1, -0.05) is 11.6 Å². The molecule has 60 valence electrons. The van der Waals surface area contributed by atoms with Crippen LogP contribution in [0.1, 0.15) is 26.7 Å². The third-order valence-electron chi connectivity index (χ3n) is 1.78. The first-order valence-electron chi connectivity index (χ1n) is 3.73. The zero-order valence-electron chi connectivity index (χ0n) is 7.35. The van der Waals surface area contributed by atoms with Gasteiger partial charge in [0.05, 0.1) is 11.5 Å². The third kappa shape index (κ3) is 3.62. The zero-order chi connectivity index (χ0) is 8.91. The molecular formula is C10H15N. The van der Waals surface area contributed by atoms with Gasteiger partial charge in [-0.05, 0) is 26.7 Å². The topological polar surface area (TPSA) is 23.8 Å². The van der Waals surface area contributed by atoms with E-state index in [0.29, 0.717) is 0 Å². The molecule has 0 saturated carbocycles. The van der Waals surface area contributed by atoms with Crippen LogP contribution < -0.4 is 0 Å². The molecule has 0 radical (unpaired) electrons. The Morgan fingerprint density at radius 2 is 2.27 bits per heavy atom. The van der Waals surface area contributed by atoms with Crippen molar-refractivity contribution >= 4 is 0 Å². The molecule has 0 spiro atoms. The van der Waals surface area contributed by atoms with Crippen LogP contribution in [0.15, 0.2) is 24.8 Å². The molecule has 0 aromatic heterocycles. The van der Waals surface area contributed by atoms with E-state index in [2.05, 4.69) is 19.2 Å². The van der Waals surface area contributed by atoms with Gasteiger partial charge in [0.1, 0.15) is 0 Å². The van der Waals surface area contributed by atoms with Crippen LogP contribution in [0.5, 0.6) is 0 Å². The van der Waals surface area contributed by atoms with Crippen LogP contribution in [0.25, 0.3) is 0 Å². The molecule has 0 aliphatic heterocycles. The highest BCUT2D eigenvalue weighted by molar-refractivity contribution is 5.08. The van der Waals surface area contributed by atoms with Gasteiger partial charge < -0.3 is 0 Å². The maximum Gasteiger partial charge on any atom is 0.0728 e. The molecule has 11 heavy (non-hydrogen) atoms. The Kier molecular flexibility index (Phi) is 3.60. The normalized spacial score (nSPS) is 14.6. The first kappa shape index (κ1) is 9.97. The summed E-state index contributed by atoms with van der Waals surface area (Å²) in [6, 6.07) is 2.22. The maximum absolute atomic E-state index is 8.75. The van der Waals surface area contributed by atoms with E-state index in [1.54, 1.807) is 6.08 Å². The summed E-state index contributed by atoms with van der Waals surface area (Å²) in [5.74, 6) is 0. The van der Waals surface area contributed by atoms with E-state index in [-0.39, 0.29) is 5.41 Å². The third-order valence-corrected chi connectivity index (χ3v) is 1.78. The summed E-state index contributed by atoms with van der Waals surface area (Å²) in [4.78, 5) is 0. The molecule has 1 atom stereocenters. The van der Waals surface area contributed by atoms with Crippen molar-refractivity contribution in [2.45, 2.75) is 26.7 Å². The molecule has 0 saturated heterocycles. The summed E-state index contributed by atoms with van der Waals surface area (Å²) < 4.78 is 0. The Bertz CT molecular complexity index is 197. The minimum atomic E-state index is -0.376. The monoisotopic (exact) mass is 149 g/mol. The molecule has 0 aliphatic carbocycles. The van der Waals surface area contributed by atoms with Gasteiger partial charge >= 0.3 is 0 Å². The summed E-state index contributed by atoms with van der Waals surface area (Å²) >= 11 is 0. The van der Waals surface area contributed by atoms with E-state index in [4.69, 9.17) is 5.26 Å². The van der Waals surface area contributed by atoms with E-state index in [1.807, 2.05) is 13.8 Å². The lowest BCUT2D eigenvalue weighted by molar-refractivity contribution is 0.515. The first-order chi connectivity index (χ1) is 5.04.